The van der Waals surface area contributed by atoms with E-state index in [2.05, 4.69) is 0 Å². The van der Waals surface area contributed by atoms with Gasteiger partial charge >= 0.3 is 0 Å². The lowest BCUT2D eigenvalue weighted by Crippen LogP contribution is -2.38. The second kappa shape index (κ2) is 4.80. The van der Waals surface area contributed by atoms with E-state index in [0.29, 0.717) is 13.0 Å². The monoisotopic (exact) mass is 175 g/mol. The first kappa shape index (κ1) is 8.48. The summed E-state index contributed by atoms with van der Waals surface area (Å²) in [5, 5.41) is 9.60. The van der Waals surface area contributed by atoms with Crippen molar-refractivity contribution in [3.63, 3.8) is 0 Å². The Kier molecular flexibility index (Phi) is 3.39. The van der Waals surface area contributed by atoms with Gasteiger partial charge in [-0.2, -0.15) is 0 Å². The molecule has 1 saturated heterocycles. The predicted molar refractivity (Wildman–Crippen MR) is 45.8 cm³/mol. The molecule has 72 valence electrons. The number of aliphatic hydroxyl groups is 1. The van der Waals surface area contributed by atoms with Gasteiger partial charge in [0.25, 0.3) is 0 Å². The highest BCUT2D eigenvalue weighted by Crippen LogP contribution is 2.16. The van der Waals surface area contributed by atoms with Crippen LogP contribution in [0.25, 0.3) is 0 Å². The van der Waals surface area contributed by atoms with Crippen LogP contribution in [0.1, 0.15) is 34.5 Å². The summed E-state index contributed by atoms with van der Waals surface area (Å²) in [4.78, 5) is 0. The molecule has 0 radical (unpaired) electrons. The Morgan fingerprint density at radius 1 is 1.83 bits per heavy atom. The van der Waals surface area contributed by atoms with Gasteiger partial charge in [0, 0.05) is 6.61 Å². The molecule has 0 aromatic heterocycles. The third kappa shape index (κ3) is 2.73. The quantitative estimate of drug-likeness (QED) is 0.702. The molecule has 1 fully saturated rings. The molecule has 0 saturated carbocycles. The van der Waals surface area contributed by atoms with Gasteiger partial charge in [0.2, 0.25) is 0 Å². The average molecular weight is 175 g/mol. The summed E-state index contributed by atoms with van der Waals surface area (Å²) < 4.78 is 18.2. The molecule has 12 heavy (non-hydrogen) atoms. The molecule has 1 rings (SSSR count). The Morgan fingerprint density at radius 2 is 2.58 bits per heavy atom. The standard InChI is InChI=1S/C9H18O3/c1-3-7(2)12-9-8(10)5-4-6-11-9/h7-10H,3-6H2,1-2H3/t7?,8-,9-/m0/s1/i8D. The van der Waals surface area contributed by atoms with Crippen molar-refractivity contribution in [3.8, 4) is 0 Å². The van der Waals surface area contributed by atoms with Gasteiger partial charge in [-0.15, -0.1) is 0 Å². The van der Waals surface area contributed by atoms with E-state index in [1.807, 2.05) is 13.8 Å². The van der Waals surface area contributed by atoms with Crippen LogP contribution in [0.4, 0.5) is 0 Å². The van der Waals surface area contributed by atoms with E-state index in [1.54, 1.807) is 0 Å². The van der Waals surface area contributed by atoms with Gasteiger partial charge in [-0.25, -0.2) is 0 Å². The second-order valence-corrected chi connectivity index (χ2v) is 3.15. The van der Waals surface area contributed by atoms with Crippen LogP contribution in [0.15, 0.2) is 0 Å². The first-order valence-electron chi connectivity index (χ1n) is 5.05. The van der Waals surface area contributed by atoms with Crippen molar-refractivity contribution in [3.05, 3.63) is 0 Å². The zero-order valence-corrected chi connectivity index (χ0v) is 7.75. The first-order chi connectivity index (χ1) is 6.06. The van der Waals surface area contributed by atoms with Crippen LogP contribution in [0.5, 0.6) is 0 Å². The number of rotatable bonds is 3. The van der Waals surface area contributed by atoms with Crippen molar-refractivity contribution in [1.82, 2.24) is 0 Å². The molecule has 1 heterocycles. The molecule has 3 nitrogen and oxygen atoms in total. The minimum Gasteiger partial charge on any atom is -0.388 e. The lowest BCUT2D eigenvalue weighted by Gasteiger charge is -2.29. The van der Waals surface area contributed by atoms with Crippen LogP contribution >= 0.6 is 0 Å². The van der Waals surface area contributed by atoms with E-state index >= 15 is 0 Å². The Morgan fingerprint density at radius 3 is 3.17 bits per heavy atom. The summed E-state index contributed by atoms with van der Waals surface area (Å²) in [6, 6.07) is 0. The minimum atomic E-state index is -1.57. The van der Waals surface area contributed by atoms with Crippen LogP contribution in [-0.4, -0.2) is 30.2 Å². The average Bonchev–Trinajstić information content (AvgIpc) is 2.08. The fourth-order valence-corrected chi connectivity index (χ4v) is 1.08. The van der Waals surface area contributed by atoms with Crippen LogP contribution in [0.3, 0.4) is 0 Å². The topological polar surface area (TPSA) is 38.7 Å². The molecule has 3 atom stereocenters. The second-order valence-electron chi connectivity index (χ2n) is 3.15. The SMILES string of the molecule is [2H][C@]1(O)CCCO[C@H]1OC(C)CC. The first-order valence-corrected chi connectivity index (χ1v) is 4.55. The van der Waals surface area contributed by atoms with E-state index in [1.165, 1.54) is 0 Å². The summed E-state index contributed by atoms with van der Waals surface area (Å²) >= 11 is 0. The Balaban J connectivity index is 2.46. The molecule has 0 aromatic carbocycles. The zero-order chi connectivity index (χ0) is 9.90. The van der Waals surface area contributed by atoms with Gasteiger partial charge in [0.05, 0.1) is 7.47 Å². The van der Waals surface area contributed by atoms with Crippen LogP contribution in [0.2, 0.25) is 0 Å². The molecular formula is C9H18O3. The summed E-state index contributed by atoms with van der Waals surface area (Å²) in [5.74, 6) is 0. The van der Waals surface area contributed by atoms with E-state index in [0.717, 1.165) is 12.8 Å². The van der Waals surface area contributed by atoms with Gasteiger partial charge in [-0.05, 0) is 26.2 Å². The lowest BCUT2D eigenvalue weighted by molar-refractivity contribution is -0.231. The number of hydrogen-bond donors (Lipinski definition) is 1. The van der Waals surface area contributed by atoms with Gasteiger partial charge < -0.3 is 14.6 Å². The van der Waals surface area contributed by atoms with E-state index < -0.39 is 12.4 Å². The van der Waals surface area contributed by atoms with Crippen molar-refractivity contribution in [1.29, 1.82) is 0 Å². The molecular weight excluding hydrogens is 156 g/mol. The van der Waals surface area contributed by atoms with Crippen molar-refractivity contribution >= 4 is 0 Å². The Hall–Kier alpha value is -0.120. The normalized spacial score (nSPS) is 40.6. The van der Waals surface area contributed by atoms with Gasteiger partial charge in [0.15, 0.2) is 6.29 Å². The van der Waals surface area contributed by atoms with Crippen molar-refractivity contribution in [2.24, 2.45) is 0 Å². The Bertz CT molecular complexity index is 161. The third-order valence-electron chi connectivity index (χ3n) is 2.05. The zero-order valence-electron chi connectivity index (χ0n) is 8.75. The molecule has 1 unspecified atom stereocenters. The van der Waals surface area contributed by atoms with Crippen molar-refractivity contribution in [2.75, 3.05) is 6.61 Å². The van der Waals surface area contributed by atoms with Crippen LogP contribution < -0.4 is 0 Å². The molecule has 3 heteroatoms. The maximum absolute atomic E-state index is 9.60. The summed E-state index contributed by atoms with van der Waals surface area (Å²) in [7, 11) is 0. The van der Waals surface area contributed by atoms with Crippen molar-refractivity contribution < 1.29 is 16.0 Å². The van der Waals surface area contributed by atoms with Gasteiger partial charge in [-0.1, -0.05) is 6.92 Å². The molecule has 0 bridgehead atoms. The summed E-state index contributed by atoms with van der Waals surface area (Å²) in [6.07, 6.45) is -0.317. The van der Waals surface area contributed by atoms with Gasteiger partial charge in [-0.3, -0.25) is 0 Å². The Labute approximate surface area is 75.1 Å². The van der Waals surface area contributed by atoms with E-state index in [-0.39, 0.29) is 6.10 Å². The molecule has 0 spiro atoms. The van der Waals surface area contributed by atoms with Crippen LogP contribution in [-0.2, 0) is 9.47 Å². The maximum Gasteiger partial charge on any atom is 0.183 e. The molecule has 1 aliphatic heterocycles. The minimum absolute atomic E-state index is 0.0278. The maximum atomic E-state index is 9.60. The molecule has 1 N–H and O–H groups in total. The van der Waals surface area contributed by atoms with E-state index in [9.17, 15) is 5.11 Å². The highest BCUT2D eigenvalue weighted by Gasteiger charge is 2.25. The summed E-state index contributed by atoms with van der Waals surface area (Å²) in [5.41, 5.74) is 0. The molecule has 0 aromatic rings. The van der Waals surface area contributed by atoms with Gasteiger partial charge in [0.1, 0.15) is 6.08 Å². The lowest BCUT2D eigenvalue weighted by atomic mass is 10.1. The molecule has 0 amide bonds. The largest absolute Gasteiger partial charge is 0.388 e. The predicted octanol–water partition coefficient (Wildman–Crippen LogP) is 1.30. The fraction of sp³-hybridized carbons (Fsp3) is 1.00. The number of hydrogen-bond acceptors (Lipinski definition) is 3. The van der Waals surface area contributed by atoms with E-state index in [4.69, 9.17) is 10.8 Å². The fourth-order valence-electron chi connectivity index (χ4n) is 1.08. The van der Waals surface area contributed by atoms with Crippen LogP contribution in [0, 0.1) is 0 Å². The van der Waals surface area contributed by atoms with Crippen molar-refractivity contribution in [2.45, 2.75) is 51.6 Å². The number of ether oxygens (including phenoxy) is 2. The summed E-state index contributed by atoms with van der Waals surface area (Å²) in [6.45, 7) is 4.48. The third-order valence-corrected chi connectivity index (χ3v) is 2.05. The smallest absolute Gasteiger partial charge is 0.183 e. The molecule has 0 aliphatic carbocycles. The highest BCUT2D eigenvalue weighted by atomic mass is 16.7. The highest BCUT2D eigenvalue weighted by molar-refractivity contribution is 4.66. The molecule has 1 aliphatic rings.